The summed E-state index contributed by atoms with van der Waals surface area (Å²) in [5.74, 6) is 0.493. The molecule has 1 atom stereocenters. The fraction of sp³-hybridized carbons (Fsp3) is 0.385. The maximum absolute atomic E-state index is 12.2. The first-order valence-corrected chi connectivity index (χ1v) is 6.76. The van der Waals surface area contributed by atoms with Gasteiger partial charge in [-0.3, -0.25) is 9.59 Å². The monoisotopic (exact) mass is 326 g/mol. The minimum absolute atomic E-state index is 0.101. The van der Waals surface area contributed by atoms with Crippen LogP contribution in [-0.4, -0.2) is 31.5 Å². The summed E-state index contributed by atoms with van der Waals surface area (Å²) in [6.45, 7) is 2.07. The zero-order chi connectivity index (χ0) is 14.0. The third-order valence-corrected chi connectivity index (χ3v) is 3.64. The first-order chi connectivity index (χ1) is 9.02. The van der Waals surface area contributed by atoms with Crippen LogP contribution in [0, 0.1) is 0 Å². The van der Waals surface area contributed by atoms with Gasteiger partial charge in [0.25, 0.3) is 0 Å². The van der Waals surface area contributed by atoms with Crippen molar-refractivity contribution in [3.05, 3.63) is 22.7 Å². The summed E-state index contributed by atoms with van der Waals surface area (Å²) >= 11 is 3.39. The molecule has 6 heteroatoms. The number of methoxy groups -OCH3 is 1. The summed E-state index contributed by atoms with van der Waals surface area (Å²) in [6.07, 6.45) is 0.305. The topological polar surface area (TPSA) is 58.6 Å². The maximum Gasteiger partial charge on any atom is 0.249 e. The number of rotatable bonds is 2. The van der Waals surface area contributed by atoms with E-state index in [4.69, 9.17) is 4.74 Å². The molecule has 1 aliphatic rings. The van der Waals surface area contributed by atoms with Crippen molar-refractivity contribution in [1.82, 2.24) is 5.32 Å². The largest absolute Gasteiger partial charge is 0.496 e. The smallest absolute Gasteiger partial charge is 0.249 e. The zero-order valence-electron chi connectivity index (χ0n) is 10.8. The number of anilines is 1. The molecule has 1 N–H and O–H groups in total. The number of benzene rings is 1. The van der Waals surface area contributed by atoms with Gasteiger partial charge in [-0.25, -0.2) is 0 Å². The van der Waals surface area contributed by atoms with E-state index < -0.39 is 6.04 Å². The van der Waals surface area contributed by atoms with E-state index in [-0.39, 0.29) is 11.8 Å². The van der Waals surface area contributed by atoms with Gasteiger partial charge in [0.1, 0.15) is 11.8 Å². The van der Waals surface area contributed by atoms with Crippen LogP contribution in [0.15, 0.2) is 22.7 Å². The van der Waals surface area contributed by atoms with E-state index in [0.717, 1.165) is 10.2 Å². The third-order valence-electron chi connectivity index (χ3n) is 3.02. The van der Waals surface area contributed by atoms with Crippen LogP contribution < -0.4 is 15.0 Å². The van der Waals surface area contributed by atoms with Gasteiger partial charge in [0.05, 0.1) is 11.6 Å². The first-order valence-electron chi connectivity index (χ1n) is 5.97. The summed E-state index contributed by atoms with van der Waals surface area (Å²) in [5.41, 5.74) is 0.751. The van der Waals surface area contributed by atoms with E-state index in [9.17, 15) is 9.59 Å². The maximum atomic E-state index is 12.2. The lowest BCUT2D eigenvalue weighted by Crippen LogP contribution is -2.42. The van der Waals surface area contributed by atoms with Crippen LogP contribution in [0.3, 0.4) is 0 Å². The van der Waals surface area contributed by atoms with Gasteiger partial charge in [-0.15, -0.1) is 0 Å². The predicted molar refractivity (Wildman–Crippen MR) is 75.3 cm³/mol. The summed E-state index contributed by atoms with van der Waals surface area (Å²) in [7, 11) is 1.58. The Balaban J connectivity index is 2.31. The van der Waals surface area contributed by atoms with Crippen LogP contribution in [0.2, 0.25) is 0 Å². The number of carbonyl (C=O) groups is 2. The molecule has 102 valence electrons. The molecule has 1 heterocycles. The van der Waals surface area contributed by atoms with Gasteiger partial charge >= 0.3 is 0 Å². The summed E-state index contributed by atoms with van der Waals surface area (Å²) in [5, 5.41) is 2.66. The van der Waals surface area contributed by atoms with Crippen LogP contribution in [0.25, 0.3) is 0 Å². The van der Waals surface area contributed by atoms with E-state index >= 15 is 0 Å². The number of amides is 2. The van der Waals surface area contributed by atoms with Crippen molar-refractivity contribution in [3.8, 4) is 5.75 Å². The van der Waals surface area contributed by atoms with Gasteiger partial charge in [0.2, 0.25) is 11.8 Å². The molecule has 0 aliphatic carbocycles. The van der Waals surface area contributed by atoms with Crippen molar-refractivity contribution < 1.29 is 14.3 Å². The number of nitrogens with zero attached hydrogens (tertiary/aromatic N) is 1. The molecular formula is C13H15BrN2O3. The second-order valence-electron chi connectivity index (χ2n) is 4.35. The molecule has 1 unspecified atom stereocenters. The van der Waals surface area contributed by atoms with Crippen LogP contribution in [0.5, 0.6) is 5.75 Å². The van der Waals surface area contributed by atoms with Gasteiger partial charge in [-0.05, 0) is 41.1 Å². The molecule has 0 aromatic heterocycles. The predicted octanol–water partition coefficient (Wildman–Crippen LogP) is 1.70. The van der Waals surface area contributed by atoms with Gasteiger partial charge in [0, 0.05) is 18.7 Å². The van der Waals surface area contributed by atoms with E-state index in [1.54, 1.807) is 25.0 Å². The van der Waals surface area contributed by atoms with E-state index in [2.05, 4.69) is 21.2 Å². The molecule has 1 fully saturated rings. The Labute approximate surface area is 120 Å². The van der Waals surface area contributed by atoms with Crippen molar-refractivity contribution in [2.24, 2.45) is 0 Å². The Kier molecular flexibility index (Phi) is 4.09. The van der Waals surface area contributed by atoms with Gasteiger partial charge in [-0.1, -0.05) is 0 Å². The molecule has 0 bridgehead atoms. The van der Waals surface area contributed by atoms with Crippen LogP contribution in [-0.2, 0) is 9.59 Å². The normalized spacial score (nSPS) is 19.9. The third kappa shape index (κ3) is 2.89. The average Bonchev–Trinajstić information content (AvgIpc) is 2.50. The minimum atomic E-state index is -0.504. The fourth-order valence-corrected chi connectivity index (χ4v) is 2.54. The Morgan fingerprint density at radius 3 is 2.79 bits per heavy atom. The molecule has 0 spiro atoms. The average molecular weight is 327 g/mol. The van der Waals surface area contributed by atoms with Crippen LogP contribution in [0.4, 0.5) is 5.69 Å². The lowest BCUT2D eigenvalue weighted by atomic mass is 10.2. The minimum Gasteiger partial charge on any atom is -0.496 e. The number of hydrogen-bond acceptors (Lipinski definition) is 3. The van der Waals surface area contributed by atoms with Gasteiger partial charge < -0.3 is 15.0 Å². The van der Waals surface area contributed by atoms with E-state index in [1.165, 1.54) is 0 Å². The molecule has 1 aromatic rings. The molecule has 0 saturated carbocycles. The highest BCUT2D eigenvalue weighted by Crippen LogP contribution is 2.30. The second kappa shape index (κ2) is 5.61. The highest BCUT2D eigenvalue weighted by atomic mass is 79.9. The molecule has 1 aliphatic heterocycles. The highest BCUT2D eigenvalue weighted by molar-refractivity contribution is 9.10. The Morgan fingerprint density at radius 2 is 2.16 bits per heavy atom. The number of nitrogens with one attached hydrogen (secondary N) is 1. The Hall–Kier alpha value is -1.56. The number of ether oxygens (including phenoxy) is 1. The SMILES string of the molecule is COc1ccc(N2CCC(=O)NC(C)C2=O)cc1Br. The molecule has 2 amide bonds. The second-order valence-corrected chi connectivity index (χ2v) is 5.20. The molecule has 19 heavy (non-hydrogen) atoms. The Bertz CT molecular complexity index is 519. The lowest BCUT2D eigenvalue weighted by molar-refractivity contribution is -0.125. The summed E-state index contributed by atoms with van der Waals surface area (Å²) in [4.78, 5) is 25.3. The van der Waals surface area contributed by atoms with Crippen molar-refractivity contribution in [2.75, 3.05) is 18.6 Å². The molecule has 1 saturated heterocycles. The molecule has 1 aromatic carbocycles. The quantitative estimate of drug-likeness (QED) is 0.899. The van der Waals surface area contributed by atoms with Crippen LogP contribution in [0.1, 0.15) is 13.3 Å². The highest BCUT2D eigenvalue weighted by Gasteiger charge is 2.27. The molecule has 2 rings (SSSR count). The zero-order valence-corrected chi connectivity index (χ0v) is 12.4. The first kappa shape index (κ1) is 13.9. The Morgan fingerprint density at radius 1 is 1.42 bits per heavy atom. The van der Waals surface area contributed by atoms with Crippen molar-refractivity contribution in [2.45, 2.75) is 19.4 Å². The van der Waals surface area contributed by atoms with Crippen LogP contribution >= 0.6 is 15.9 Å². The molecular weight excluding hydrogens is 312 g/mol. The standard InChI is InChI=1S/C13H15BrN2O3/c1-8-13(18)16(6-5-12(17)15-8)9-3-4-11(19-2)10(14)7-9/h3-4,7-8H,5-6H2,1-2H3,(H,15,17). The number of hydrogen-bond donors (Lipinski definition) is 1. The molecule has 5 nitrogen and oxygen atoms in total. The van der Waals surface area contributed by atoms with Crippen molar-refractivity contribution in [1.29, 1.82) is 0 Å². The number of halogens is 1. The van der Waals surface area contributed by atoms with Crippen molar-refractivity contribution in [3.63, 3.8) is 0 Å². The van der Waals surface area contributed by atoms with E-state index in [1.807, 2.05) is 12.1 Å². The summed E-state index contributed by atoms with van der Waals surface area (Å²) in [6, 6.07) is 4.91. The summed E-state index contributed by atoms with van der Waals surface area (Å²) < 4.78 is 5.93. The lowest BCUT2D eigenvalue weighted by Gasteiger charge is -2.23. The fourth-order valence-electron chi connectivity index (χ4n) is 2.01. The van der Waals surface area contributed by atoms with Gasteiger partial charge in [-0.2, -0.15) is 0 Å². The van der Waals surface area contributed by atoms with Gasteiger partial charge in [0.15, 0.2) is 0 Å². The van der Waals surface area contributed by atoms with Crippen molar-refractivity contribution >= 4 is 33.4 Å². The number of carbonyl (C=O) groups excluding carboxylic acids is 2. The van der Waals surface area contributed by atoms with E-state index in [0.29, 0.717) is 18.7 Å². The molecule has 0 radical (unpaired) electrons.